The van der Waals surface area contributed by atoms with E-state index in [1.165, 1.54) is 6.26 Å². The van der Waals surface area contributed by atoms with Gasteiger partial charge in [0.15, 0.2) is 0 Å². The van der Waals surface area contributed by atoms with Crippen molar-refractivity contribution in [1.29, 1.82) is 0 Å². The number of nitrogens with two attached hydrogens (primary N) is 1. The molecule has 78 valence electrons. The van der Waals surface area contributed by atoms with E-state index >= 15 is 0 Å². The first kappa shape index (κ1) is 11.3. The van der Waals surface area contributed by atoms with Crippen molar-refractivity contribution in [3.8, 4) is 0 Å². The lowest BCUT2D eigenvalue weighted by atomic mass is 10.2. The van der Waals surface area contributed by atoms with Gasteiger partial charge in [0.2, 0.25) is 0 Å². The lowest BCUT2D eigenvalue weighted by molar-refractivity contribution is -0.143. The normalized spacial score (nSPS) is 12.5. The number of hydrogen-bond donors (Lipinski definition) is 1. The highest BCUT2D eigenvalue weighted by molar-refractivity contribution is 9.10. The highest BCUT2D eigenvalue weighted by Gasteiger charge is 2.17. The van der Waals surface area contributed by atoms with Gasteiger partial charge in [-0.15, -0.1) is 0 Å². The zero-order valence-electron chi connectivity index (χ0n) is 7.83. The predicted molar refractivity (Wildman–Crippen MR) is 54.6 cm³/mol. The van der Waals surface area contributed by atoms with Crippen molar-refractivity contribution in [2.75, 3.05) is 6.61 Å². The first-order valence-electron chi connectivity index (χ1n) is 4.29. The molecule has 0 amide bonds. The zero-order chi connectivity index (χ0) is 10.6. The third-order valence-electron chi connectivity index (χ3n) is 1.67. The molecule has 1 heterocycles. The van der Waals surface area contributed by atoms with Crippen molar-refractivity contribution < 1.29 is 13.9 Å². The molecule has 0 aliphatic heterocycles. The Morgan fingerprint density at radius 2 is 2.50 bits per heavy atom. The number of furan rings is 1. The summed E-state index contributed by atoms with van der Waals surface area (Å²) in [6.45, 7) is 2.12. The van der Waals surface area contributed by atoms with Crippen LogP contribution in [0.1, 0.15) is 25.1 Å². The molecular formula is C9H12BrNO3. The van der Waals surface area contributed by atoms with E-state index in [4.69, 9.17) is 14.9 Å². The van der Waals surface area contributed by atoms with Gasteiger partial charge in [-0.3, -0.25) is 4.79 Å². The van der Waals surface area contributed by atoms with Crippen molar-refractivity contribution in [3.05, 3.63) is 22.6 Å². The molecule has 1 aromatic rings. The maximum absolute atomic E-state index is 11.1. The summed E-state index contributed by atoms with van der Waals surface area (Å²) in [5, 5.41) is 0. The molecule has 4 nitrogen and oxygen atoms in total. The molecule has 1 unspecified atom stereocenters. The van der Waals surface area contributed by atoms with Crippen LogP contribution in [0.2, 0.25) is 0 Å². The number of halogens is 1. The lowest BCUT2D eigenvalue weighted by Gasteiger charge is -2.08. The predicted octanol–water partition coefficient (Wildman–Crippen LogP) is 2.00. The van der Waals surface area contributed by atoms with Gasteiger partial charge < -0.3 is 14.9 Å². The fraction of sp³-hybridized carbons (Fsp3) is 0.444. The van der Waals surface area contributed by atoms with Crippen molar-refractivity contribution in [2.24, 2.45) is 5.73 Å². The van der Waals surface area contributed by atoms with Crippen LogP contribution in [0.15, 0.2) is 21.2 Å². The van der Waals surface area contributed by atoms with Crippen LogP contribution in [0.5, 0.6) is 0 Å². The molecule has 0 aliphatic rings. The number of carbonyl (C=O) groups excluding carboxylic acids is 1. The van der Waals surface area contributed by atoms with Gasteiger partial charge in [-0.25, -0.2) is 0 Å². The van der Waals surface area contributed by atoms with E-state index in [1.54, 1.807) is 13.0 Å². The second kappa shape index (κ2) is 5.17. The molecule has 0 saturated carbocycles. The summed E-state index contributed by atoms with van der Waals surface area (Å²) >= 11 is 3.27. The Morgan fingerprint density at radius 1 is 1.79 bits per heavy atom. The van der Waals surface area contributed by atoms with Crippen LogP contribution in [0.25, 0.3) is 0 Å². The highest BCUT2D eigenvalue weighted by Crippen LogP contribution is 2.25. The smallest absolute Gasteiger partial charge is 0.307 e. The van der Waals surface area contributed by atoms with Crippen LogP contribution < -0.4 is 5.73 Å². The number of carbonyl (C=O) groups is 1. The number of ether oxygens (including phenoxy) is 1. The van der Waals surface area contributed by atoms with E-state index in [1.807, 2.05) is 0 Å². The Morgan fingerprint density at radius 3 is 3.00 bits per heavy atom. The third kappa shape index (κ3) is 2.85. The number of rotatable bonds is 4. The molecule has 1 atom stereocenters. The van der Waals surface area contributed by atoms with Gasteiger partial charge in [-0.2, -0.15) is 0 Å². The second-order valence-electron chi connectivity index (χ2n) is 2.75. The van der Waals surface area contributed by atoms with Crippen molar-refractivity contribution in [2.45, 2.75) is 19.4 Å². The van der Waals surface area contributed by atoms with Gasteiger partial charge in [0.1, 0.15) is 5.76 Å². The molecule has 0 aliphatic carbocycles. The van der Waals surface area contributed by atoms with Crippen LogP contribution in [0.3, 0.4) is 0 Å². The quantitative estimate of drug-likeness (QED) is 0.843. The van der Waals surface area contributed by atoms with Crippen LogP contribution >= 0.6 is 15.9 Å². The van der Waals surface area contributed by atoms with E-state index in [0.717, 1.165) is 4.47 Å². The van der Waals surface area contributed by atoms with Crippen LogP contribution in [0.4, 0.5) is 0 Å². The topological polar surface area (TPSA) is 65.5 Å². The van der Waals surface area contributed by atoms with Gasteiger partial charge in [0.05, 0.1) is 29.8 Å². The van der Waals surface area contributed by atoms with Crippen molar-refractivity contribution in [1.82, 2.24) is 0 Å². The van der Waals surface area contributed by atoms with E-state index in [0.29, 0.717) is 12.4 Å². The minimum atomic E-state index is -0.460. The van der Waals surface area contributed by atoms with Gasteiger partial charge in [0.25, 0.3) is 0 Å². The summed E-state index contributed by atoms with van der Waals surface area (Å²) in [7, 11) is 0. The van der Waals surface area contributed by atoms with Crippen LogP contribution in [-0.2, 0) is 9.53 Å². The Kier molecular flexibility index (Phi) is 4.16. The molecule has 0 bridgehead atoms. The summed E-state index contributed by atoms with van der Waals surface area (Å²) in [4.78, 5) is 11.1. The van der Waals surface area contributed by atoms with Gasteiger partial charge in [0, 0.05) is 0 Å². The Balaban J connectivity index is 2.54. The molecule has 0 aromatic carbocycles. The lowest BCUT2D eigenvalue weighted by Crippen LogP contribution is -2.17. The summed E-state index contributed by atoms with van der Waals surface area (Å²) in [5.41, 5.74) is 5.75. The molecule has 1 rings (SSSR count). The molecule has 0 fully saturated rings. The largest absolute Gasteiger partial charge is 0.466 e. The average molecular weight is 262 g/mol. The van der Waals surface area contributed by atoms with Crippen molar-refractivity contribution in [3.63, 3.8) is 0 Å². The minimum absolute atomic E-state index is 0.125. The van der Waals surface area contributed by atoms with E-state index in [2.05, 4.69) is 15.9 Å². The Bertz CT molecular complexity index is 311. The first-order chi connectivity index (χ1) is 6.65. The molecule has 0 spiro atoms. The summed E-state index contributed by atoms with van der Waals surface area (Å²) in [5.74, 6) is 0.251. The van der Waals surface area contributed by atoms with E-state index in [-0.39, 0.29) is 12.4 Å². The monoisotopic (exact) mass is 261 g/mol. The van der Waals surface area contributed by atoms with E-state index < -0.39 is 6.04 Å². The summed E-state index contributed by atoms with van der Waals surface area (Å²) in [6.07, 6.45) is 1.64. The second-order valence-corrected chi connectivity index (χ2v) is 3.60. The fourth-order valence-electron chi connectivity index (χ4n) is 1.06. The summed E-state index contributed by atoms with van der Waals surface area (Å²) < 4.78 is 10.7. The minimum Gasteiger partial charge on any atom is -0.466 e. The SMILES string of the molecule is CCOC(=O)CC(N)c1occc1Br. The zero-order valence-corrected chi connectivity index (χ0v) is 9.41. The highest BCUT2D eigenvalue weighted by atomic mass is 79.9. The number of esters is 1. The van der Waals surface area contributed by atoms with Crippen molar-refractivity contribution >= 4 is 21.9 Å². The molecular weight excluding hydrogens is 250 g/mol. The number of hydrogen-bond acceptors (Lipinski definition) is 4. The Hall–Kier alpha value is -0.810. The molecule has 1 aromatic heterocycles. The average Bonchev–Trinajstić information content (AvgIpc) is 2.51. The van der Waals surface area contributed by atoms with Gasteiger partial charge in [-0.1, -0.05) is 0 Å². The molecule has 14 heavy (non-hydrogen) atoms. The molecule has 2 N–H and O–H groups in total. The van der Waals surface area contributed by atoms with Gasteiger partial charge in [-0.05, 0) is 28.9 Å². The summed E-state index contributed by atoms with van der Waals surface area (Å²) in [6, 6.07) is 1.28. The maximum Gasteiger partial charge on any atom is 0.307 e. The Labute approximate surface area is 90.5 Å². The third-order valence-corrected chi connectivity index (χ3v) is 2.33. The van der Waals surface area contributed by atoms with Gasteiger partial charge >= 0.3 is 5.97 Å². The fourth-order valence-corrected chi connectivity index (χ4v) is 1.56. The standard InChI is InChI=1S/C9H12BrNO3/c1-2-13-8(12)5-7(11)9-6(10)3-4-14-9/h3-4,7H,2,5,11H2,1H3. The molecule has 0 saturated heterocycles. The maximum atomic E-state index is 11.1. The first-order valence-corrected chi connectivity index (χ1v) is 5.08. The molecule has 5 heteroatoms. The van der Waals surface area contributed by atoms with Crippen LogP contribution in [-0.4, -0.2) is 12.6 Å². The molecule has 0 radical (unpaired) electrons. The van der Waals surface area contributed by atoms with Crippen LogP contribution in [0, 0.1) is 0 Å². The van der Waals surface area contributed by atoms with E-state index in [9.17, 15) is 4.79 Å².